The van der Waals surface area contributed by atoms with Gasteiger partial charge in [-0.1, -0.05) is 6.07 Å². The van der Waals surface area contributed by atoms with Crippen molar-refractivity contribution in [3.63, 3.8) is 0 Å². The van der Waals surface area contributed by atoms with Crippen molar-refractivity contribution >= 4 is 20.9 Å². The largest absolute Gasteiger partial charge is 0.361 e. The molecule has 18 heavy (non-hydrogen) atoms. The van der Waals surface area contributed by atoms with Gasteiger partial charge in [0.2, 0.25) is 10.0 Å². The van der Waals surface area contributed by atoms with E-state index >= 15 is 0 Å². The predicted molar refractivity (Wildman–Crippen MR) is 69.3 cm³/mol. The molecule has 0 saturated carbocycles. The highest BCUT2D eigenvalue weighted by atomic mass is 32.2. The fourth-order valence-electron chi connectivity index (χ4n) is 1.87. The molecule has 2 rings (SSSR count). The van der Waals surface area contributed by atoms with Crippen LogP contribution in [0.3, 0.4) is 0 Å². The number of nitrogens with zero attached hydrogens (tertiary/aromatic N) is 1. The Balaban J connectivity index is 2.31. The lowest BCUT2D eigenvalue weighted by atomic mass is 10.1. The van der Waals surface area contributed by atoms with E-state index in [0.717, 1.165) is 22.0 Å². The molecule has 0 spiro atoms. The topological polar surface area (TPSA) is 99.7 Å². The standard InChI is InChI=1S/C12H13N3O2S/c13-5-3-10-8-15-12-2-1-9(7-11(10)12)4-6-18(14,16)17/h1-2,7-8,15H,3-4,6H2,(H2,14,16,17). The number of primary sulfonamides is 1. The average Bonchev–Trinajstić information content (AvgIpc) is 2.69. The quantitative estimate of drug-likeness (QED) is 0.862. The van der Waals surface area contributed by atoms with Crippen molar-refractivity contribution in [2.24, 2.45) is 5.14 Å². The van der Waals surface area contributed by atoms with E-state index in [1.807, 2.05) is 18.2 Å². The summed E-state index contributed by atoms with van der Waals surface area (Å²) < 4.78 is 21.8. The summed E-state index contributed by atoms with van der Waals surface area (Å²) in [5.41, 5.74) is 2.76. The van der Waals surface area contributed by atoms with Gasteiger partial charge in [-0.15, -0.1) is 0 Å². The second-order valence-corrected chi connectivity index (χ2v) is 5.88. The summed E-state index contributed by atoms with van der Waals surface area (Å²) in [6.45, 7) is 0. The van der Waals surface area contributed by atoms with Crippen molar-refractivity contribution in [3.8, 4) is 6.07 Å². The lowest BCUT2D eigenvalue weighted by Gasteiger charge is -2.01. The molecule has 0 saturated heterocycles. The van der Waals surface area contributed by atoms with Crippen LogP contribution in [-0.2, 0) is 22.9 Å². The van der Waals surface area contributed by atoms with Gasteiger partial charge in [0.15, 0.2) is 0 Å². The van der Waals surface area contributed by atoms with Crippen LogP contribution in [0.25, 0.3) is 10.9 Å². The number of fused-ring (bicyclic) bond motifs is 1. The predicted octanol–water partition coefficient (Wildman–Crippen LogP) is 1.06. The lowest BCUT2D eigenvalue weighted by Crippen LogP contribution is -2.17. The Labute approximate surface area is 105 Å². The van der Waals surface area contributed by atoms with Crippen LogP contribution in [0.15, 0.2) is 24.4 Å². The molecule has 0 unspecified atom stereocenters. The van der Waals surface area contributed by atoms with Crippen LogP contribution in [0.4, 0.5) is 0 Å². The Morgan fingerprint density at radius 1 is 1.39 bits per heavy atom. The van der Waals surface area contributed by atoms with E-state index in [1.54, 1.807) is 6.20 Å². The summed E-state index contributed by atoms with van der Waals surface area (Å²) in [5, 5.41) is 14.7. The van der Waals surface area contributed by atoms with E-state index in [9.17, 15) is 8.42 Å². The van der Waals surface area contributed by atoms with E-state index < -0.39 is 10.0 Å². The van der Waals surface area contributed by atoms with Crippen molar-refractivity contribution in [2.45, 2.75) is 12.8 Å². The Hall–Kier alpha value is -1.84. The molecule has 0 aliphatic carbocycles. The minimum Gasteiger partial charge on any atom is -0.361 e. The number of H-pyrrole nitrogens is 1. The van der Waals surface area contributed by atoms with Gasteiger partial charge in [-0.2, -0.15) is 5.26 Å². The van der Waals surface area contributed by atoms with Crippen LogP contribution in [0.2, 0.25) is 0 Å². The number of nitriles is 1. The maximum Gasteiger partial charge on any atom is 0.209 e. The number of nitrogens with one attached hydrogen (secondary N) is 1. The third kappa shape index (κ3) is 2.88. The first-order valence-electron chi connectivity index (χ1n) is 5.46. The van der Waals surface area contributed by atoms with Crippen LogP contribution in [0.5, 0.6) is 0 Å². The minimum atomic E-state index is -3.44. The number of aromatic amines is 1. The maximum atomic E-state index is 10.9. The molecular weight excluding hydrogens is 250 g/mol. The molecule has 0 bridgehead atoms. The summed E-state index contributed by atoms with van der Waals surface area (Å²) >= 11 is 0. The third-order valence-electron chi connectivity index (χ3n) is 2.78. The van der Waals surface area contributed by atoms with E-state index in [0.29, 0.717) is 12.8 Å². The molecule has 3 N–H and O–H groups in total. The van der Waals surface area contributed by atoms with Crippen LogP contribution >= 0.6 is 0 Å². The SMILES string of the molecule is N#CCc1c[nH]c2ccc(CCS(N)(=O)=O)cc12. The molecular formula is C12H13N3O2S. The first-order chi connectivity index (χ1) is 8.49. The van der Waals surface area contributed by atoms with Crippen molar-refractivity contribution in [1.29, 1.82) is 5.26 Å². The first kappa shape index (κ1) is 12.6. The first-order valence-corrected chi connectivity index (χ1v) is 7.17. The van der Waals surface area contributed by atoms with Crippen molar-refractivity contribution in [3.05, 3.63) is 35.5 Å². The van der Waals surface area contributed by atoms with Crippen molar-refractivity contribution in [1.82, 2.24) is 4.98 Å². The number of aromatic nitrogens is 1. The van der Waals surface area contributed by atoms with E-state index in [-0.39, 0.29) is 5.75 Å². The van der Waals surface area contributed by atoms with Gasteiger partial charge >= 0.3 is 0 Å². The molecule has 0 amide bonds. The van der Waals surface area contributed by atoms with Crippen molar-refractivity contribution in [2.75, 3.05) is 5.75 Å². The maximum absolute atomic E-state index is 10.9. The summed E-state index contributed by atoms with van der Waals surface area (Å²) in [6, 6.07) is 7.75. The Morgan fingerprint density at radius 2 is 2.17 bits per heavy atom. The molecule has 0 atom stereocenters. The van der Waals surface area contributed by atoms with E-state index in [4.69, 9.17) is 10.4 Å². The monoisotopic (exact) mass is 263 g/mol. The fourth-order valence-corrected chi connectivity index (χ4v) is 2.39. The molecule has 0 aliphatic heterocycles. The molecule has 1 aromatic carbocycles. The number of hydrogen-bond donors (Lipinski definition) is 2. The smallest absolute Gasteiger partial charge is 0.209 e. The highest BCUT2D eigenvalue weighted by Crippen LogP contribution is 2.20. The molecule has 5 nitrogen and oxygen atoms in total. The number of aryl methyl sites for hydroxylation is 1. The number of benzene rings is 1. The minimum absolute atomic E-state index is 0.0729. The Bertz CT molecular complexity index is 710. The van der Waals surface area contributed by atoms with Gasteiger partial charge in [-0.25, -0.2) is 13.6 Å². The molecule has 1 aromatic heterocycles. The summed E-state index contributed by atoms with van der Waals surface area (Å²) in [5.74, 6) is -0.0729. The number of hydrogen-bond acceptors (Lipinski definition) is 3. The van der Waals surface area contributed by atoms with E-state index in [2.05, 4.69) is 11.1 Å². The van der Waals surface area contributed by atoms with Crippen molar-refractivity contribution < 1.29 is 8.42 Å². The van der Waals surface area contributed by atoms with Gasteiger partial charge in [-0.3, -0.25) is 0 Å². The molecule has 0 radical (unpaired) electrons. The van der Waals surface area contributed by atoms with Crippen LogP contribution in [-0.4, -0.2) is 19.2 Å². The summed E-state index contributed by atoms with van der Waals surface area (Å²) in [4.78, 5) is 3.08. The van der Waals surface area contributed by atoms with Gasteiger partial charge < -0.3 is 4.98 Å². The highest BCUT2D eigenvalue weighted by Gasteiger charge is 2.07. The number of sulfonamides is 1. The zero-order valence-electron chi connectivity index (χ0n) is 9.68. The van der Waals surface area contributed by atoms with Gasteiger partial charge in [-0.05, 0) is 29.7 Å². The summed E-state index contributed by atoms with van der Waals surface area (Å²) in [6.07, 6.45) is 2.52. The molecule has 0 fully saturated rings. The molecule has 1 heterocycles. The number of rotatable bonds is 4. The van der Waals surface area contributed by atoms with Crippen LogP contribution in [0, 0.1) is 11.3 Å². The summed E-state index contributed by atoms with van der Waals surface area (Å²) in [7, 11) is -3.44. The highest BCUT2D eigenvalue weighted by molar-refractivity contribution is 7.89. The number of nitrogens with two attached hydrogens (primary N) is 1. The van der Waals surface area contributed by atoms with E-state index in [1.165, 1.54) is 0 Å². The van der Waals surface area contributed by atoms with Crippen LogP contribution < -0.4 is 5.14 Å². The van der Waals surface area contributed by atoms with Gasteiger partial charge in [0, 0.05) is 17.1 Å². The second kappa shape index (κ2) is 4.80. The third-order valence-corrected chi connectivity index (χ3v) is 3.55. The molecule has 6 heteroatoms. The fraction of sp³-hybridized carbons (Fsp3) is 0.250. The lowest BCUT2D eigenvalue weighted by molar-refractivity contribution is 0.597. The molecule has 94 valence electrons. The zero-order chi connectivity index (χ0) is 13.2. The van der Waals surface area contributed by atoms with Gasteiger partial charge in [0.25, 0.3) is 0 Å². The Morgan fingerprint density at radius 3 is 2.83 bits per heavy atom. The molecule has 0 aliphatic rings. The van der Waals surface area contributed by atoms with Gasteiger partial charge in [0.1, 0.15) is 0 Å². The Kier molecular flexibility index (Phi) is 3.36. The second-order valence-electron chi connectivity index (χ2n) is 4.15. The van der Waals surface area contributed by atoms with Crippen LogP contribution in [0.1, 0.15) is 11.1 Å². The molecule has 2 aromatic rings. The normalized spacial score (nSPS) is 11.6. The average molecular weight is 263 g/mol. The van der Waals surface area contributed by atoms with Gasteiger partial charge in [0.05, 0.1) is 18.2 Å². The zero-order valence-corrected chi connectivity index (χ0v) is 10.5.